The lowest BCUT2D eigenvalue weighted by molar-refractivity contribution is -0.162. The molecule has 2 aromatic carbocycles. The molecule has 1 fully saturated rings. The van der Waals surface area contributed by atoms with Gasteiger partial charge in [-0.25, -0.2) is 18.0 Å². The standard InChI is InChI=1S/C20H22N2O6S/c1-13-4-2-3-5-16(13)14-6-8-15(9-7-14)29(27,28)17-10-11-22(19(21)25)12-20(17,26)18(23)24/h2-9,17,26H,10-12H2,1H3,(H2,21,25)(H,23,24). The van der Waals surface area contributed by atoms with Crippen LogP contribution in [-0.2, 0) is 14.6 Å². The molecular formula is C20H22N2O6S. The fraction of sp³-hybridized carbons (Fsp3) is 0.300. The van der Waals surface area contributed by atoms with Gasteiger partial charge < -0.3 is 20.8 Å². The van der Waals surface area contributed by atoms with Gasteiger partial charge in [0.1, 0.15) is 5.25 Å². The number of hydrogen-bond donors (Lipinski definition) is 3. The Morgan fingerprint density at radius 1 is 1.14 bits per heavy atom. The highest BCUT2D eigenvalue weighted by Gasteiger charge is 2.55. The van der Waals surface area contributed by atoms with Crippen LogP contribution in [0.5, 0.6) is 0 Å². The quantitative estimate of drug-likeness (QED) is 0.686. The molecule has 29 heavy (non-hydrogen) atoms. The van der Waals surface area contributed by atoms with E-state index in [9.17, 15) is 28.2 Å². The number of piperidine rings is 1. The largest absolute Gasteiger partial charge is 0.479 e. The van der Waals surface area contributed by atoms with Crippen LogP contribution >= 0.6 is 0 Å². The topological polar surface area (TPSA) is 138 Å². The fourth-order valence-electron chi connectivity index (χ4n) is 3.67. The van der Waals surface area contributed by atoms with Crippen molar-refractivity contribution in [2.45, 2.75) is 29.1 Å². The Kier molecular flexibility index (Phi) is 5.38. The van der Waals surface area contributed by atoms with E-state index in [4.69, 9.17) is 5.73 Å². The third-order valence-corrected chi connectivity index (χ3v) is 7.63. The van der Waals surface area contributed by atoms with Gasteiger partial charge in [-0.15, -0.1) is 0 Å². The maximum absolute atomic E-state index is 13.1. The van der Waals surface area contributed by atoms with Crippen molar-refractivity contribution >= 4 is 21.8 Å². The number of hydrogen-bond acceptors (Lipinski definition) is 5. The highest BCUT2D eigenvalue weighted by atomic mass is 32.2. The number of carboxylic acids is 1. The van der Waals surface area contributed by atoms with Gasteiger partial charge in [-0.3, -0.25) is 0 Å². The molecule has 0 saturated carbocycles. The van der Waals surface area contributed by atoms with Gasteiger partial charge in [-0.2, -0.15) is 0 Å². The van der Waals surface area contributed by atoms with Gasteiger partial charge in [-0.1, -0.05) is 36.4 Å². The first-order valence-corrected chi connectivity index (χ1v) is 10.5. The van der Waals surface area contributed by atoms with Crippen molar-refractivity contribution in [3.05, 3.63) is 54.1 Å². The number of β-amino-alcohol motifs (C(OH)–C–C–N with tert-alkyl or cyclic N) is 1. The molecule has 8 nitrogen and oxygen atoms in total. The number of benzene rings is 2. The minimum absolute atomic E-state index is 0.0594. The van der Waals surface area contributed by atoms with E-state index in [-0.39, 0.29) is 17.9 Å². The smallest absolute Gasteiger partial charge is 0.338 e. The molecule has 4 N–H and O–H groups in total. The van der Waals surface area contributed by atoms with E-state index < -0.39 is 39.2 Å². The van der Waals surface area contributed by atoms with Gasteiger partial charge in [0.2, 0.25) is 0 Å². The first-order valence-electron chi connectivity index (χ1n) is 8.97. The van der Waals surface area contributed by atoms with Gasteiger partial charge >= 0.3 is 12.0 Å². The van der Waals surface area contributed by atoms with Crippen LogP contribution in [0.4, 0.5) is 4.79 Å². The van der Waals surface area contributed by atoms with E-state index in [1.165, 1.54) is 12.1 Å². The van der Waals surface area contributed by atoms with Crippen molar-refractivity contribution in [2.24, 2.45) is 5.73 Å². The number of rotatable bonds is 4. The number of primary amides is 1. The van der Waals surface area contributed by atoms with Crippen molar-refractivity contribution in [3.63, 3.8) is 0 Å². The van der Waals surface area contributed by atoms with Crippen LogP contribution < -0.4 is 5.73 Å². The number of likely N-dealkylation sites (tertiary alicyclic amines) is 1. The second kappa shape index (κ2) is 7.49. The lowest BCUT2D eigenvalue weighted by Crippen LogP contribution is -2.65. The highest BCUT2D eigenvalue weighted by Crippen LogP contribution is 2.33. The molecule has 1 aliphatic heterocycles. The summed E-state index contributed by atoms with van der Waals surface area (Å²) in [6, 6.07) is 12.8. The van der Waals surface area contributed by atoms with Crippen LogP contribution in [0, 0.1) is 6.92 Å². The van der Waals surface area contributed by atoms with Gasteiger partial charge in [0.25, 0.3) is 0 Å². The normalized spacial score (nSPS) is 22.3. The van der Waals surface area contributed by atoms with E-state index in [2.05, 4.69) is 0 Å². The predicted octanol–water partition coefficient (Wildman–Crippen LogP) is 1.40. The number of nitrogens with two attached hydrogens (primary N) is 1. The number of amides is 2. The number of sulfone groups is 1. The van der Waals surface area contributed by atoms with Gasteiger partial charge in [0.05, 0.1) is 11.4 Å². The molecule has 0 spiro atoms. The zero-order chi connectivity index (χ0) is 21.4. The van der Waals surface area contributed by atoms with Crippen LogP contribution in [-0.4, -0.2) is 59.5 Å². The summed E-state index contributed by atoms with van der Waals surface area (Å²) in [6.07, 6.45) is -0.242. The molecule has 2 unspecified atom stereocenters. The first kappa shape index (κ1) is 20.8. The zero-order valence-corrected chi connectivity index (χ0v) is 16.6. The van der Waals surface area contributed by atoms with E-state index >= 15 is 0 Å². The van der Waals surface area contributed by atoms with Gasteiger partial charge in [0, 0.05) is 6.54 Å². The first-order chi connectivity index (χ1) is 13.6. The van der Waals surface area contributed by atoms with Crippen LogP contribution in [0.25, 0.3) is 11.1 Å². The summed E-state index contributed by atoms with van der Waals surface area (Å²) >= 11 is 0. The number of carboxylic acid groups (broad SMARTS) is 1. The second-order valence-corrected chi connectivity index (χ2v) is 9.28. The van der Waals surface area contributed by atoms with Crippen molar-refractivity contribution in [2.75, 3.05) is 13.1 Å². The Hall–Kier alpha value is -2.91. The summed E-state index contributed by atoms with van der Waals surface area (Å²) in [6.45, 7) is 1.19. The Balaban J connectivity index is 1.96. The summed E-state index contributed by atoms with van der Waals surface area (Å²) in [5.41, 5.74) is 5.32. The second-order valence-electron chi connectivity index (χ2n) is 7.15. The zero-order valence-electron chi connectivity index (χ0n) is 15.8. The molecular weight excluding hydrogens is 396 g/mol. The number of carbonyl (C=O) groups excluding carboxylic acids is 1. The van der Waals surface area contributed by atoms with Crippen molar-refractivity contribution in [1.29, 1.82) is 0 Å². The molecule has 2 aromatic rings. The average molecular weight is 418 g/mol. The Bertz CT molecular complexity index is 1050. The summed E-state index contributed by atoms with van der Waals surface area (Å²) in [5, 5.41) is 18.6. The molecule has 1 saturated heterocycles. The average Bonchev–Trinajstić information content (AvgIpc) is 2.68. The predicted molar refractivity (Wildman–Crippen MR) is 106 cm³/mol. The van der Waals surface area contributed by atoms with Crippen LogP contribution in [0.2, 0.25) is 0 Å². The Morgan fingerprint density at radius 2 is 1.76 bits per heavy atom. The lowest BCUT2D eigenvalue weighted by atomic mass is 9.92. The van der Waals surface area contributed by atoms with Crippen molar-refractivity contribution in [3.8, 4) is 11.1 Å². The van der Waals surface area contributed by atoms with Crippen LogP contribution in [0.15, 0.2) is 53.4 Å². The molecule has 0 aliphatic carbocycles. The van der Waals surface area contributed by atoms with Gasteiger partial charge in [0.15, 0.2) is 15.4 Å². The molecule has 2 amide bonds. The van der Waals surface area contributed by atoms with Crippen LogP contribution in [0.1, 0.15) is 12.0 Å². The van der Waals surface area contributed by atoms with Crippen molar-refractivity contribution < 1.29 is 28.2 Å². The molecule has 1 aliphatic rings. The third-order valence-electron chi connectivity index (χ3n) is 5.32. The summed E-state index contributed by atoms with van der Waals surface area (Å²) < 4.78 is 26.3. The number of carbonyl (C=O) groups is 2. The monoisotopic (exact) mass is 418 g/mol. The summed E-state index contributed by atoms with van der Waals surface area (Å²) in [5.74, 6) is -1.71. The van der Waals surface area contributed by atoms with E-state index in [1.54, 1.807) is 12.1 Å². The molecule has 9 heteroatoms. The minimum Gasteiger partial charge on any atom is -0.479 e. The van der Waals surface area contributed by atoms with E-state index in [0.717, 1.165) is 21.6 Å². The summed E-state index contributed by atoms with van der Waals surface area (Å²) in [7, 11) is -4.18. The number of nitrogens with zero attached hydrogens (tertiary/aromatic N) is 1. The molecule has 1 heterocycles. The van der Waals surface area contributed by atoms with E-state index in [0.29, 0.717) is 0 Å². The molecule has 154 valence electrons. The maximum atomic E-state index is 13.1. The minimum atomic E-state index is -4.18. The molecule has 2 atom stereocenters. The van der Waals surface area contributed by atoms with Crippen LogP contribution in [0.3, 0.4) is 0 Å². The lowest BCUT2D eigenvalue weighted by Gasteiger charge is -2.40. The Morgan fingerprint density at radius 3 is 2.31 bits per heavy atom. The fourth-order valence-corrected chi connectivity index (χ4v) is 5.62. The highest BCUT2D eigenvalue weighted by molar-refractivity contribution is 7.92. The van der Waals surface area contributed by atoms with Gasteiger partial charge in [-0.05, 0) is 42.2 Å². The number of aliphatic carboxylic acids is 1. The molecule has 3 rings (SSSR count). The third kappa shape index (κ3) is 3.70. The number of aryl methyl sites for hydroxylation is 1. The summed E-state index contributed by atoms with van der Waals surface area (Å²) in [4.78, 5) is 23.9. The number of aliphatic hydroxyl groups is 1. The SMILES string of the molecule is Cc1ccccc1-c1ccc(S(=O)(=O)C2CCN(C(N)=O)CC2(O)C(=O)O)cc1. The van der Waals surface area contributed by atoms with Crippen molar-refractivity contribution in [1.82, 2.24) is 4.90 Å². The van der Waals surface area contributed by atoms with E-state index in [1.807, 2.05) is 31.2 Å². The Labute approximate surface area is 168 Å². The molecule has 0 aromatic heterocycles. The number of urea groups is 1. The molecule has 0 radical (unpaired) electrons. The maximum Gasteiger partial charge on any atom is 0.338 e. The molecule has 0 bridgehead atoms.